The number of quaternary nitrogens is 1. The first-order valence-electron chi connectivity index (χ1n) is 28.3. The lowest BCUT2D eigenvalue weighted by Crippen LogP contribution is -2.37. The Morgan fingerprint density at radius 3 is 1.23 bits per heavy atom. The molecule has 9 nitrogen and oxygen atoms in total. The number of phosphoric ester groups is 1. The molecule has 0 spiro atoms. The summed E-state index contributed by atoms with van der Waals surface area (Å²) >= 11 is 0. The molecule has 0 aliphatic rings. The number of hydrogen-bond acceptors (Lipinski definition) is 7. The van der Waals surface area contributed by atoms with Crippen LogP contribution in [-0.2, 0) is 32.7 Å². The largest absolute Gasteiger partial charge is 0.472 e. The zero-order valence-electron chi connectivity index (χ0n) is 45.7. The van der Waals surface area contributed by atoms with E-state index >= 15 is 0 Å². The van der Waals surface area contributed by atoms with Gasteiger partial charge in [0.2, 0.25) is 0 Å². The molecule has 70 heavy (non-hydrogen) atoms. The first kappa shape index (κ1) is 67.2. The second-order valence-corrected chi connectivity index (χ2v) is 21.4. The van der Waals surface area contributed by atoms with Crippen molar-refractivity contribution >= 4 is 19.8 Å². The van der Waals surface area contributed by atoms with Gasteiger partial charge in [0.25, 0.3) is 0 Å². The van der Waals surface area contributed by atoms with Gasteiger partial charge in [0.05, 0.1) is 27.7 Å². The summed E-state index contributed by atoms with van der Waals surface area (Å²) in [6, 6.07) is 0. The van der Waals surface area contributed by atoms with Gasteiger partial charge in [-0.2, -0.15) is 0 Å². The van der Waals surface area contributed by atoms with Crippen molar-refractivity contribution in [1.82, 2.24) is 0 Å². The summed E-state index contributed by atoms with van der Waals surface area (Å²) in [6.45, 7) is 4.30. The summed E-state index contributed by atoms with van der Waals surface area (Å²) in [6.07, 6.45) is 67.9. The zero-order valence-corrected chi connectivity index (χ0v) is 46.6. The fraction of sp³-hybridized carbons (Fsp3) is 0.733. The van der Waals surface area contributed by atoms with Crippen LogP contribution >= 0.6 is 7.82 Å². The SMILES string of the molecule is CC/C=C\C/C=C\C/C=C\C/C=C\C/C=C\C/C=C\CCCCCCCCCCCCCCC(=O)OC(COC(=O)CCCCCCC/C=C\CCCCCCCC)COP(=O)(O)OCC[N+](C)(C)C. The molecule has 0 fully saturated rings. The van der Waals surface area contributed by atoms with Crippen molar-refractivity contribution < 1.29 is 42.1 Å². The maximum atomic E-state index is 12.8. The summed E-state index contributed by atoms with van der Waals surface area (Å²) in [7, 11) is 1.47. The molecule has 0 radical (unpaired) electrons. The number of likely N-dealkylation sites (N-methyl/N-ethyl adjacent to an activating group) is 1. The second-order valence-electron chi connectivity index (χ2n) is 19.9. The quantitative estimate of drug-likeness (QED) is 0.0211. The Kier molecular flexibility index (Phi) is 49.1. The van der Waals surface area contributed by atoms with E-state index in [2.05, 4.69) is 98.9 Å². The van der Waals surface area contributed by atoms with Crippen LogP contribution in [0.1, 0.15) is 232 Å². The normalized spacial score (nSPS) is 14.0. The molecule has 2 atom stereocenters. The van der Waals surface area contributed by atoms with E-state index in [1.807, 2.05) is 21.1 Å². The van der Waals surface area contributed by atoms with E-state index in [4.69, 9.17) is 18.5 Å². The van der Waals surface area contributed by atoms with Crippen LogP contribution in [0.5, 0.6) is 0 Å². The highest BCUT2D eigenvalue weighted by Gasteiger charge is 2.27. The molecule has 0 amide bonds. The molecule has 0 saturated heterocycles. The minimum atomic E-state index is -4.39. The number of unbranched alkanes of at least 4 members (excludes halogenated alkanes) is 23. The third-order valence-corrected chi connectivity index (χ3v) is 12.9. The lowest BCUT2D eigenvalue weighted by atomic mass is 10.0. The van der Waals surface area contributed by atoms with Crippen molar-refractivity contribution in [1.29, 1.82) is 0 Å². The van der Waals surface area contributed by atoms with Crippen LogP contribution in [0.2, 0.25) is 0 Å². The molecule has 1 N–H and O–H groups in total. The summed E-state index contributed by atoms with van der Waals surface area (Å²) in [4.78, 5) is 35.6. The summed E-state index contributed by atoms with van der Waals surface area (Å²) in [5, 5.41) is 0. The number of phosphoric acid groups is 1. The number of ether oxygens (including phenoxy) is 2. The number of carbonyl (C=O) groups excluding carboxylic acids is 2. The van der Waals surface area contributed by atoms with Crippen molar-refractivity contribution in [3.63, 3.8) is 0 Å². The fourth-order valence-corrected chi connectivity index (χ4v) is 8.28. The molecule has 0 rings (SSSR count). The van der Waals surface area contributed by atoms with Crippen LogP contribution in [0.15, 0.2) is 85.1 Å². The fourth-order valence-electron chi connectivity index (χ4n) is 7.54. The number of nitrogens with zero attached hydrogens (tertiary/aromatic N) is 1. The Bertz CT molecular complexity index is 1460. The molecule has 0 aromatic heterocycles. The van der Waals surface area contributed by atoms with E-state index in [1.54, 1.807) is 0 Å². The van der Waals surface area contributed by atoms with Gasteiger partial charge in [0.15, 0.2) is 6.10 Å². The minimum absolute atomic E-state index is 0.0273. The lowest BCUT2D eigenvalue weighted by molar-refractivity contribution is -0.870. The second kappa shape index (κ2) is 51.1. The maximum absolute atomic E-state index is 12.8. The van der Waals surface area contributed by atoms with Crippen LogP contribution in [-0.4, -0.2) is 74.9 Å². The number of esters is 2. The zero-order chi connectivity index (χ0) is 51.3. The van der Waals surface area contributed by atoms with Crippen molar-refractivity contribution in [3.05, 3.63) is 85.1 Å². The van der Waals surface area contributed by atoms with Crippen LogP contribution in [0.25, 0.3) is 0 Å². The Hall–Kier alpha value is -2.81. The van der Waals surface area contributed by atoms with E-state index in [0.717, 1.165) is 96.3 Å². The summed E-state index contributed by atoms with van der Waals surface area (Å²) < 4.78 is 34.5. The van der Waals surface area contributed by atoms with Gasteiger partial charge in [-0.05, 0) is 89.9 Å². The predicted octanol–water partition coefficient (Wildman–Crippen LogP) is 17.5. The van der Waals surface area contributed by atoms with Crippen molar-refractivity contribution in [2.45, 2.75) is 238 Å². The highest BCUT2D eigenvalue weighted by atomic mass is 31.2. The third-order valence-electron chi connectivity index (χ3n) is 11.9. The monoisotopic (exact) mass is 1000 g/mol. The number of hydrogen-bond donors (Lipinski definition) is 1. The summed E-state index contributed by atoms with van der Waals surface area (Å²) in [5.41, 5.74) is 0. The third kappa shape index (κ3) is 54.5. The number of allylic oxidation sites excluding steroid dienone is 14. The van der Waals surface area contributed by atoms with E-state index < -0.39 is 26.5 Å². The lowest BCUT2D eigenvalue weighted by Gasteiger charge is -2.24. The number of rotatable bonds is 51. The molecular weight excluding hydrogens is 894 g/mol. The predicted molar refractivity (Wildman–Crippen MR) is 298 cm³/mol. The van der Waals surface area contributed by atoms with Crippen molar-refractivity contribution in [3.8, 4) is 0 Å². The van der Waals surface area contributed by atoms with Crippen molar-refractivity contribution in [2.24, 2.45) is 0 Å². The van der Waals surface area contributed by atoms with Gasteiger partial charge in [-0.15, -0.1) is 0 Å². The van der Waals surface area contributed by atoms with Gasteiger partial charge < -0.3 is 18.9 Å². The van der Waals surface area contributed by atoms with Gasteiger partial charge in [-0.3, -0.25) is 18.6 Å². The highest BCUT2D eigenvalue weighted by molar-refractivity contribution is 7.47. The molecule has 0 heterocycles. The average Bonchev–Trinajstić information content (AvgIpc) is 3.32. The van der Waals surface area contributed by atoms with Gasteiger partial charge >= 0.3 is 19.8 Å². The Morgan fingerprint density at radius 2 is 0.814 bits per heavy atom. The van der Waals surface area contributed by atoms with Crippen LogP contribution < -0.4 is 0 Å². The maximum Gasteiger partial charge on any atom is 0.472 e. The van der Waals surface area contributed by atoms with Gasteiger partial charge in [-0.1, -0.05) is 214 Å². The van der Waals surface area contributed by atoms with E-state index in [9.17, 15) is 19.0 Å². The molecule has 404 valence electrons. The molecule has 0 aromatic rings. The highest BCUT2D eigenvalue weighted by Crippen LogP contribution is 2.43. The number of carbonyl (C=O) groups is 2. The smallest absolute Gasteiger partial charge is 0.462 e. The average molecular weight is 1000 g/mol. The van der Waals surface area contributed by atoms with Gasteiger partial charge in [0, 0.05) is 12.8 Å². The summed E-state index contributed by atoms with van der Waals surface area (Å²) in [5.74, 6) is -0.810. The van der Waals surface area contributed by atoms with Crippen molar-refractivity contribution in [2.75, 3.05) is 47.5 Å². The molecule has 0 aliphatic carbocycles. The van der Waals surface area contributed by atoms with Gasteiger partial charge in [0.1, 0.15) is 19.8 Å². The van der Waals surface area contributed by atoms with E-state index in [1.165, 1.54) is 103 Å². The minimum Gasteiger partial charge on any atom is -0.462 e. The molecule has 0 aromatic carbocycles. The molecule has 10 heteroatoms. The standard InChI is InChI=1S/C60H106NO8P/c1-6-8-10-12-14-16-18-20-22-23-24-25-26-27-28-29-30-31-32-33-34-35-36-37-39-41-43-45-47-49-51-53-60(63)69-58(57-68-70(64,65)67-55-54-61(3,4)5)56-66-59(62)52-50-48-46-44-42-40-38-21-19-17-15-13-11-9-7-2/h8,10,14,16,20-22,24-25,27-28,30-31,38,58H,6-7,9,11-13,15,17-19,23,26,29,32-37,39-57H2,1-5H3/p+1/b10-8-,16-14-,22-20-,25-24-,28-27-,31-30-,38-21-. The first-order chi connectivity index (χ1) is 34.0. The van der Waals surface area contributed by atoms with E-state index in [-0.39, 0.29) is 32.0 Å². The van der Waals surface area contributed by atoms with Crippen LogP contribution in [0.3, 0.4) is 0 Å². The molecular formula is C60H107NO8P+. The van der Waals surface area contributed by atoms with Gasteiger partial charge in [-0.25, -0.2) is 4.57 Å². The van der Waals surface area contributed by atoms with E-state index in [0.29, 0.717) is 17.4 Å². The molecule has 2 unspecified atom stereocenters. The molecule has 0 saturated carbocycles. The van der Waals surface area contributed by atoms with Crippen LogP contribution in [0, 0.1) is 0 Å². The molecule has 0 bridgehead atoms. The Balaban J connectivity index is 4.14. The molecule has 0 aliphatic heterocycles. The Labute approximate surface area is 431 Å². The topological polar surface area (TPSA) is 108 Å². The Morgan fingerprint density at radius 1 is 0.457 bits per heavy atom. The first-order valence-corrected chi connectivity index (χ1v) is 29.8. The van der Waals surface area contributed by atoms with Crippen LogP contribution in [0.4, 0.5) is 0 Å².